The maximum Gasteiger partial charge on any atom is 0.275 e. The Labute approximate surface area is 101 Å². The van der Waals surface area contributed by atoms with Crippen molar-refractivity contribution in [2.75, 3.05) is 0 Å². The fourth-order valence-corrected chi connectivity index (χ4v) is 2.16. The Morgan fingerprint density at radius 2 is 2.11 bits per heavy atom. The molecular formula is C11H11N5O2. The van der Waals surface area contributed by atoms with E-state index in [0.29, 0.717) is 22.4 Å². The number of nitrogens with one attached hydrogen (secondary N) is 2. The third kappa shape index (κ3) is 1.27. The van der Waals surface area contributed by atoms with Crippen molar-refractivity contribution < 1.29 is 0 Å². The van der Waals surface area contributed by atoms with Crippen molar-refractivity contribution in [2.45, 2.75) is 6.92 Å². The van der Waals surface area contributed by atoms with Gasteiger partial charge in [0, 0.05) is 24.9 Å². The van der Waals surface area contributed by atoms with E-state index in [1.54, 1.807) is 26.2 Å². The molecule has 0 spiro atoms. The molecule has 2 N–H and O–H groups in total. The van der Waals surface area contributed by atoms with E-state index >= 15 is 0 Å². The van der Waals surface area contributed by atoms with Crippen LogP contribution in [0.3, 0.4) is 0 Å². The summed E-state index contributed by atoms with van der Waals surface area (Å²) >= 11 is 0. The summed E-state index contributed by atoms with van der Waals surface area (Å²) in [6.07, 6.45) is 1.56. The number of pyridine rings is 1. The summed E-state index contributed by atoms with van der Waals surface area (Å²) in [4.78, 5) is 24.0. The van der Waals surface area contributed by atoms with Gasteiger partial charge in [-0.3, -0.25) is 29.0 Å². The van der Waals surface area contributed by atoms with Gasteiger partial charge in [-0.05, 0) is 6.92 Å². The number of aromatic nitrogens is 5. The molecule has 0 unspecified atom stereocenters. The topological polar surface area (TPSA) is 88.5 Å². The van der Waals surface area contributed by atoms with Crippen molar-refractivity contribution in [3.8, 4) is 5.82 Å². The predicted molar refractivity (Wildman–Crippen MR) is 66.0 cm³/mol. The van der Waals surface area contributed by atoms with E-state index in [4.69, 9.17) is 0 Å². The minimum atomic E-state index is -0.217. The number of nitrogens with zero attached hydrogens (tertiary/aromatic N) is 3. The van der Waals surface area contributed by atoms with Gasteiger partial charge < -0.3 is 0 Å². The highest BCUT2D eigenvalue weighted by molar-refractivity contribution is 5.80. The van der Waals surface area contributed by atoms with Gasteiger partial charge in [-0.15, -0.1) is 0 Å². The number of fused-ring (bicyclic) bond motifs is 1. The van der Waals surface area contributed by atoms with Gasteiger partial charge in [0.15, 0.2) is 0 Å². The molecule has 0 aliphatic rings. The Bertz CT molecular complexity index is 835. The van der Waals surface area contributed by atoms with Crippen LogP contribution in [-0.2, 0) is 7.05 Å². The van der Waals surface area contributed by atoms with Gasteiger partial charge in [-0.25, -0.2) is 0 Å². The number of H-pyrrole nitrogens is 2. The molecule has 0 amide bonds. The molecule has 0 atom stereocenters. The van der Waals surface area contributed by atoms with Gasteiger partial charge in [-0.2, -0.15) is 5.10 Å². The Balaban J connectivity index is 2.51. The molecule has 7 nitrogen and oxygen atoms in total. The van der Waals surface area contributed by atoms with E-state index < -0.39 is 0 Å². The summed E-state index contributed by atoms with van der Waals surface area (Å²) in [5.41, 5.74) is 0.756. The van der Waals surface area contributed by atoms with Crippen molar-refractivity contribution in [3.63, 3.8) is 0 Å². The normalized spacial score (nSPS) is 11.2. The molecule has 0 aliphatic carbocycles. The zero-order valence-electron chi connectivity index (χ0n) is 9.89. The molecule has 0 aliphatic heterocycles. The van der Waals surface area contributed by atoms with Gasteiger partial charge in [0.05, 0.1) is 17.1 Å². The van der Waals surface area contributed by atoms with Crippen molar-refractivity contribution in [2.24, 2.45) is 7.05 Å². The minimum absolute atomic E-state index is 0.157. The summed E-state index contributed by atoms with van der Waals surface area (Å²) in [5, 5.41) is 9.88. The molecule has 3 heterocycles. The van der Waals surface area contributed by atoms with Gasteiger partial charge >= 0.3 is 0 Å². The third-order valence-corrected chi connectivity index (χ3v) is 2.99. The second-order valence-electron chi connectivity index (χ2n) is 4.11. The van der Waals surface area contributed by atoms with Crippen LogP contribution in [0.2, 0.25) is 0 Å². The molecule has 0 radical (unpaired) electrons. The summed E-state index contributed by atoms with van der Waals surface area (Å²) in [6, 6.07) is 3.09. The number of hydrogen-bond donors (Lipinski definition) is 2. The lowest BCUT2D eigenvalue weighted by Gasteiger charge is -2.06. The third-order valence-electron chi connectivity index (χ3n) is 2.99. The summed E-state index contributed by atoms with van der Waals surface area (Å²) in [5.74, 6) is 0.544. The first kappa shape index (κ1) is 10.6. The standard InChI is InChI=1S/C11H11N5O2/c1-6-10-7(14-15(2)11(10)18)5-9(17)16(6)8-3-4-12-13-8/h3-5,14H,1-2H3,(H,12,13). The second kappa shape index (κ2) is 3.46. The lowest BCUT2D eigenvalue weighted by Crippen LogP contribution is -2.21. The quantitative estimate of drug-likeness (QED) is 0.634. The zero-order chi connectivity index (χ0) is 12.9. The monoisotopic (exact) mass is 245 g/mol. The highest BCUT2D eigenvalue weighted by Crippen LogP contribution is 2.12. The lowest BCUT2D eigenvalue weighted by atomic mass is 10.2. The Morgan fingerprint density at radius 1 is 1.33 bits per heavy atom. The van der Waals surface area contributed by atoms with Crippen molar-refractivity contribution in [1.82, 2.24) is 24.5 Å². The number of aryl methyl sites for hydroxylation is 2. The van der Waals surface area contributed by atoms with E-state index in [9.17, 15) is 9.59 Å². The molecule has 7 heteroatoms. The highest BCUT2D eigenvalue weighted by Gasteiger charge is 2.14. The highest BCUT2D eigenvalue weighted by atomic mass is 16.1. The fraction of sp³-hybridized carbons (Fsp3) is 0.182. The first-order chi connectivity index (χ1) is 8.59. The maximum absolute atomic E-state index is 12.1. The first-order valence-corrected chi connectivity index (χ1v) is 5.40. The van der Waals surface area contributed by atoms with Crippen LogP contribution in [-0.4, -0.2) is 24.5 Å². The van der Waals surface area contributed by atoms with Crippen LogP contribution in [0, 0.1) is 6.92 Å². The van der Waals surface area contributed by atoms with Crippen LogP contribution in [0.1, 0.15) is 5.69 Å². The summed E-state index contributed by atoms with van der Waals surface area (Å²) < 4.78 is 2.79. The molecule has 0 aromatic carbocycles. The molecule has 3 aromatic rings. The van der Waals surface area contributed by atoms with Crippen molar-refractivity contribution >= 4 is 10.9 Å². The molecule has 0 fully saturated rings. The van der Waals surface area contributed by atoms with E-state index in [1.165, 1.54) is 15.3 Å². The van der Waals surface area contributed by atoms with Crippen LogP contribution in [0.15, 0.2) is 27.9 Å². The van der Waals surface area contributed by atoms with E-state index in [0.717, 1.165) is 0 Å². The van der Waals surface area contributed by atoms with E-state index in [1.807, 2.05) is 0 Å². The van der Waals surface area contributed by atoms with Crippen LogP contribution in [0.5, 0.6) is 0 Å². The minimum Gasteiger partial charge on any atom is -0.295 e. The van der Waals surface area contributed by atoms with Crippen molar-refractivity contribution in [3.05, 3.63) is 44.7 Å². The van der Waals surface area contributed by atoms with Crippen molar-refractivity contribution in [1.29, 1.82) is 0 Å². The van der Waals surface area contributed by atoms with Crippen LogP contribution in [0.25, 0.3) is 16.7 Å². The first-order valence-electron chi connectivity index (χ1n) is 5.40. The SMILES string of the molecule is Cc1c2c(=O)n(C)[nH]c2cc(=O)n1-c1ccn[nH]1. The predicted octanol–water partition coefficient (Wildman–Crippen LogP) is 0.0490. The number of aromatic amines is 2. The second-order valence-corrected chi connectivity index (χ2v) is 4.11. The molecule has 3 rings (SSSR count). The van der Waals surface area contributed by atoms with Gasteiger partial charge in [0.2, 0.25) is 0 Å². The smallest absolute Gasteiger partial charge is 0.275 e. The molecule has 0 bridgehead atoms. The van der Waals surface area contributed by atoms with Gasteiger partial charge in [0.1, 0.15) is 5.82 Å². The largest absolute Gasteiger partial charge is 0.295 e. The lowest BCUT2D eigenvalue weighted by molar-refractivity contribution is 0.751. The van der Waals surface area contributed by atoms with Gasteiger partial charge in [-0.1, -0.05) is 0 Å². The Hall–Kier alpha value is -2.57. The molecular weight excluding hydrogens is 234 g/mol. The van der Waals surface area contributed by atoms with E-state index in [-0.39, 0.29) is 11.1 Å². The van der Waals surface area contributed by atoms with Crippen LogP contribution in [0.4, 0.5) is 0 Å². The van der Waals surface area contributed by atoms with Crippen LogP contribution >= 0.6 is 0 Å². The molecule has 3 aromatic heterocycles. The maximum atomic E-state index is 12.1. The van der Waals surface area contributed by atoms with Crippen LogP contribution < -0.4 is 11.1 Å². The Morgan fingerprint density at radius 3 is 2.78 bits per heavy atom. The van der Waals surface area contributed by atoms with E-state index in [2.05, 4.69) is 15.3 Å². The number of hydrogen-bond acceptors (Lipinski definition) is 3. The number of rotatable bonds is 1. The fourth-order valence-electron chi connectivity index (χ4n) is 2.16. The zero-order valence-corrected chi connectivity index (χ0v) is 9.89. The molecule has 18 heavy (non-hydrogen) atoms. The van der Waals surface area contributed by atoms with Gasteiger partial charge in [0.25, 0.3) is 11.1 Å². The molecule has 0 saturated heterocycles. The molecule has 0 saturated carbocycles. The summed E-state index contributed by atoms with van der Waals surface area (Å²) in [7, 11) is 1.62. The summed E-state index contributed by atoms with van der Waals surface area (Å²) in [6.45, 7) is 1.74. The average molecular weight is 245 g/mol. The average Bonchev–Trinajstić information content (AvgIpc) is 2.89. The molecule has 92 valence electrons. The Kier molecular flexibility index (Phi) is 2.03.